The molecule has 0 saturated heterocycles. The molecular formula is C21H14BrNO4. The Kier molecular flexibility index (Phi) is 4.64. The first kappa shape index (κ1) is 17.3. The summed E-state index contributed by atoms with van der Waals surface area (Å²) in [6, 6.07) is 21.5. The monoisotopic (exact) mass is 423 g/mol. The van der Waals surface area contributed by atoms with Crippen molar-refractivity contribution < 1.29 is 19.1 Å². The van der Waals surface area contributed by atoms with E-state index in [4.69, 9.17) is 9.15 Å². The van der Waals surface area contributed by atoms with E-state index in [1.54, 1.807) is 42.5 Å². The fourth-order valence-electron chi connectivity index (χ4n) is 2.78. The van der Waals surface area contributed by atoms with Crippen LogP contribution in [0.4, 0.5) is 0 Å². The van der Waals surface area contributed by atoms with Crippen molar-refractivity contribution in [1.29, 1.82) is 0 Å². The molecule has 6 heteroatoms. The molecule has 0 radical (unpaired) electrons. The summed E-state index contributed by atoms with van der Waals surface area (Å²) in [5, 5.41) is 9.65. The zero-order chi connectivity index (χ0) is 18.8. The van der Waals surface area contributed by atoms with Crippen molar-refractivity contribution in [2.45, 2.75) is 6.10 Å². The summed E-state index contributed by atoms with van der Waals surface area (Å²) in [5.41, 5.74) is 2.49. The lowest BCUT2D eigenvalue weighted by molar-refractivity contribution is -0.145. The van der Waals surface area contributed by atoms with Gasteiger partial charge in [-0.25, -0.2) is 9.78 Å². The molecule has 1 N–H and O–H groups in total. The predicted octanol–water partition coefficient (Wildman–Crippen LogP) is 5.46. The van der Waals surface area contributed by atoms with Gasteiger partial charge in [0.15, 0.2) is 5.58 Å². The van der Waals surface area contributed by atoms with E-state index in [0.29, 0.717) is 28.4 Å². The molecule has 3 aromatic carbocycles. The number of carboxylic acids is 1. The maximum Gasteiger partial charge on any atom is 0.349 e. The number of carbonyl (C=O) groups is 1. The molecule has 0 fully saturated rings. The van der Waals surface area contributed by atoms with Crippen molar-refractivity contribution in [3.05, 3.63) is 82.8 Å². The van der Waals surface area contributed by atoms with Crippen LogP contribution in [0.3, 0.4) is 0 Å². The van der Waals surface area contributed by atoms with Crippen LogP contribution in [0.5, 0.6) is 5.75 Å². The first-order chi connectivity index (χ1) is 13.1. The van der Waals surface area contributed by atoms with Crippen LogP contribution in [-0.4, -0.2) is 16.1 Å². The Morgan fingerprint density at radius 3 is 2.52 bits per heavy atom. The van der Waals surface area contributed by atoms with Crippen LogP contribution in [0.1, 0.15) is 11.7 Å². The van der Waals surface area contributed by atoms with E-state index in [0.717, 1.165) is 9.99 Å². The quantitative estimate of drug-likeness (QED) is 0.461. The highest BCUT2D eigenvalue weighted by Crippen LogP contribution is 2.36. The number of oxazole rings is 1. The number of benzene rings is 3. The standard InChI is InChI=1S/C21H14BrNO4/c22-14-10-11-17(26-19(21(24)25)13-6-2-1-3-7-13)15(12-14)20-23-16-8-4-5-9-18(16)27-20/h1-12,19H,(H,24,25). The van der Waals surface area contributed by atoms with E-state index in [1.165, 1.54) is 0 Å². The van der Waals surface area contributed by atoms with Gasteiger partial charge in [0.1, 0.15) is 11.3 Å². The van der Waals surface area contributed by atoms with E-state index in [1.807, 2.05) is 30.3 Å². The first-order valence-corrected chi connectivity index (χ1v) is 9.01. The van der Waals surface area contributed by atoms with Gasteiger partial charge in [0, 0.05) is 10.0 Å². The Labute approximate surface area is 163 Å². The Hall–Kier alpha value is -3.12. The van der Waals surface area contributed by atoms with Gasteiger partial charge in [-0.2, -0.15) is 0 Å². The third kappa shape index (κ3) is 3.57. The normalized spacial score (nSPS) is 12.0. The van der Waals surface area contributed by atoms with Crippen LogP contribution < -0.4 is 4.74 Å². The second-order valence-electron chi connectivity index (χ2n) is 5.87. The van der Waals surface area contributed by atoms with Gasteiger partial charge in [-0.05, 0) is 30.3 Å². The number of rotatable bonds is 5. The molecule has 5 nitrogen and oxygen atoms in total. The molecule has 0 aliphatic carbocycles. The average Bonchev–Trinajstić information content (AvgIpc) is 3.11. The van der Waals surface area contributed by atoms with Crippen molar-refractivity contribution in [3.8, 4) is 17.2 Å². The number of hydrogen-bond acceptors (Lipinski definition) is 4. The SMILES string of the molecule is O=C(O)C(Oc1ccc(Br)cc1-c1nc2ccccc2o1)c1ccccc1. The second-order valence-corrected chi connectivity index (χ2v) is 6.79. The van der Waals surface area contributed by atoms with Gasteiger partial charge in [-0.15, -0.1) is 0 Å². The first-order valence-electron chi connectivity index (χ1n) is 8.22. The number of carboxylic acid groups (broad SMARTS) is 1. The topological polar surface area (TPSA) is 72.6 Å². The Balaban J connectivity index is 1.78. The molecule has 0 saturated carbocycles. The molecule has 0 bridgehead atoms. The number of aliphatic carboxylic acids is 1. The molecule has 27 heavy (non-hydrogen) atoms. The van der Waals surface area contributed by atoms with E-state index < -0.39 is 12.1 Å². The van der Waals surface area contributed by atoms with Gasteiger partial charge in [-0.1, -0.05) is 58.4 Å². The Morgan fingerprint density at radius 1 is 1.04 bits per heavy atom. The van der Waals surface area contributed by atoms with Crippen LogP contribution in [0, 0.1) is 0 Å². The number of ether oxygens (including phenoxy) is 1. The lowest BCUT2D eigenvalue weighted by Crippen LogP contribution is -2.18. The van der Waals surface area contributed by atoms with Crippen LogP contribution >= 0.6 is 15.9 Å². The summed E-state index contributed by atoms with van der Waals surface area (Å²) in [5.74, 6) is -0.335. The van der Waals surface area contributed by atoms with Gasteiger partial charge in [0.2, 0.25) is 12.0 Å². The molecule has 0 aliphatic rings. The van der Waals surface area contributed by atoms with Gasteiger partial charge >= 0.3 is 5.97 Å². The summed E-state index contributed by atoms with van der Waals surface area (Å²) in [4.78, 5) is 16.3. The summed E-state index contributed by atoms with van der Waals surface area (Å²) >= 11 is 3.44. The number of fused-ring (bicyclic) bond motifs is 1. The molecule has 134 valence electrons. The Bertz CT molecular complexity index is 1070. The predicted molar refractivity (Wildman–Crippen MR) is 105 cm³/mol. The fraction of sp³-hybridized carbons (Fsp3) is 0.0476. The number of halogens is 1. The van der Waals surface area contributed by atoms with Crippen LogP contribution in [0.25, 0.3) is 22.6 Å². The summed E-state index contributed by atoms with van der Waals surface area (Å²) in [6.07, 6.45) is -1.14. The lowest BCUT2D eigenvalue weighted by Gasteiger charge is -2.17. The van der Waals surface area contributed by atoms with Crippen LogP contribution in [0.2, 0.25) is 0 Å². The van der Waals surface area contributed by atoms with Crippen molar-refractivity contribution in [2.24, 2.45) is 0 Å². The third-order valence-electron chi connectivity index (χ3n) is 4.04. The molecule has 4 rings (SSSR count). The number of hydrogen-bond donors (Lipinski definition) is 1. The Morgan fingerprint density at radius 2 is 1.78 bits per heavy atom. The van der Waals surface area contributed by atoms with Crippen LogP contribution in [0.15, 0.2) is 81.7 Å². The van der Waals surface area contributed by atoms with Gasteiger partial charge in [-0.3, -0.25) is 0 Å². The van der Waals surface area contributed by atoms with Crippen molar-refractivity contribution in [2.75, 3.05) is 0 Å². The fourth-order valence-corrected chi connectivity index (χ4v) is 3.14. The third-order valence-corrected chi connectivity index (χ3v) is 4.53. The number of nitrogens with zero attached hydrogens (tertiary/aromatic N) is 1. The molecule has 1 heterocycles. The van der Waals surface area contributed by atoms with Gasteiger partial charge in [0.25, 0.3) is 0 Å². The molecule has 1 unspecified atom stereocenters. The second kappa shape index (κ2) is 7.25. The van der Waals surface area contributed by atoms with Crippen molar-refractivity contribution in [1.82, 2.24) is 4.98 Å². The van der Waals surface area contributed by atoms with Crippen molar-refractivity contribution >= 4 is 33.0 Å². The summed E-state index contributed by atoms with van der Waals surface area (Å²) in [7, 11) is 0. The van der Waals surface area contributed by atoms with Gasteiger partial charge in [0.05, 0.1) is 5.56 Å². The maximum absolute atomic E-state index is 11.8. The molecule has 0 aliphatic heterocycles. The zero-order valence-electron chi connectivity index (χ0n) is 14.0. The molecular weight excluding hydrogens is 410 g/mol. The summed E-state index contributed by atoms with van der Waals surface area (Å²) < 4.78 is 12.5. The number of aromatic nitrogens is 1. The molecule has 0 amide bonds. The highest BCUT2D eigenvalue weighted by molar-refractivity contribution is 9.10. The molecule has 1 atom stereocenters. The van der Waals surface area contributed by atoms with Gasteiger partial charge < -0.3 is 14.3 Å². The average molecular weight is 424 g/mol. The van der Waals surface area contributed by atoms with E-state index in [9.17, 15) is 9.90 Å². The van der Waals surface area contributed by atoms with E-state index in [-0.39, 0.29) is 0 Å². The molecule has 4 aromatic rings. The smallest absolute Gasteiger partial charge is 0.349 e. The van der Waals surface area contributed by atoms with E-state index >= 15 is 0 Å². The zero-order valence-corrected chi connectivity index (χ0v) is 15.6. The maximum atomic E-state index is 11.8. The number of para-hydroxylation sites is 2. The van der Waals surface area contributed by atoms with Crippen LogP contribution in [-0.2, 0) is 4.79 Å². The minimum Gasteiger partial charge on any atom is -0.478 e. The highest BCUT2D eigenvalue weighted by atomic mass is 79.9. The minimum atomic E-state index is -1.14. The largest absolute Gasteiger partial charge is 0.478 e. The van der Waals surface area contributed by atoms with Crippen molar-refractivity contribution in [3.63, 3.8) is 0 Å². The lowest BCUT2D eigenvalue weighted by atomic mass is 10.1. The van der Waals surface area contributed by atoms with E-state index in [2.05, 4.69) is 20.9 Å². The molecule has 1 aromatic heterocycles. The highest BCUT2D eigenvalue weighted by Gasteiger charge is 2.24. The minimum absolute atomic E-state index is 0.365. The summed E-state index contributed by atoms with van der Waals surface area (Å²) in [6.45, 7) is 0. The molecule has 0 spiro atoms.